The van der Waals surface area contributed by atoms with Crippen molar-refractivity contribution in [2.75, 3.05) is 33.3 Å². The van der Waals surface area contributed by atoms with Crippen molar-refractivity contribution in [3.63, 3.8) is 0 Å². The summed E-state index contributed by atoms with van der Waals surface area (Å²) in [5, 5.41) is 0. The topological polar surface area (TPSA) is 38.8 Å². The van der Waals surface area contributed by atoms with Gasteiger partial charge in [0.2, 0.25) is 0 Å². The van der Waals surface area contributed by atoms with Crippen LogP contribution in [0, 0.1) is 0 Å². The van der Waals surface area contributed by atoms with Gasteiger partial charge >= 0.3 is 6.16 Å². The Morgan fingerprint density at radius 2 is 2.00 bits per heavy atom. The Kier molecular flexibility index (Phi) is 10.6. The fourth-order valence-corrected chi connectivity index (χ4v) is 0.487. The number of halogens is 2. The quantitative estimate of drug-likeness (QED) is 0.527. The van der Waals surface area contributed by atoms with Crippen LogP contribution in [-0.4, -0.2) is 44.4 Å². The predicted octanol–water partition coefficient (Wildman–Crippen LogP) is 1.32. The highest BCUT2D eigenvalue weighted by Crippen LogP contribution is 1.87. The first-order valence-corrected chi connectivity index (χ1v) is 3.70. The number of hydrogen-bond acceptors (Lipinski definition) is 4. The van der Waals surface area contributed by atoms with E-state index in [9.17, 15) is 4.79 Å². The number of ether oxygens (including phenoxy) is 2. The van der Waals surface area contributed by atoms with Gasteiger partial charge in [0.1, 0.15) is 6.61 Å². The zero-order valence-electron chi connectivity index (χ0n) is 7.08. The van der Waals surface area contributed by atoms with Gasteiger partial charge in [0.25, 0.3) is 0 Å². The number of hydrogen-bond donors (Lipinski definition) is 0. The largest absolute Gasteiger partial charge is 0.509 e. The second kappa shape index (κ2) is 8.90. The minimum atomic E-state index is -0.721. The van der Waals surface area contributed by atoms with Crippen LogP contribution in [0.15, 0.2) is 0 Å². The molecule has 0 fully saturated rings. The second-order valence-corrected chi connectivity index (χ2v) is 2.37. The van der Waals surface area contributed by atoms with Gasteiger partial charge in [0.15, 0.2) is 6.07 Å². The first-order valence-electron chi connectivity index (χ1n) is 3.17. The van der Waals surface area contributed by atoms with Crippen LogP contribution in [0.2, 0.25) is 0 Å². The van der Waals surface area contributed by atoms with E-state index in [4.69, 9.17) is 11.6 Å². The van der Waals surface area contributed by atoms with Crippen molar-refractivity contribution in [3.8, 4) is 0 Å². The average Bonchev–Trinajstić information content (AvgIpc) is 1.87. The highest BCUT2D eigenvalue weighted by Gasteiger charge is 2.01. The Balaban J connectivity index is 0. The number of carbonyl (C=O) groups is 1. The summed E-state index contributed by atoms with van der Waals surface area (Å²) in [5.41, 5.74) is 0. The van der Waals surface area contributed by atoms with Crippen molar-refractivity contribution in [2.45, 2.75) is 0 Å². The van der Waals surface area contributed by atoms with Gasteiger partial charge in [-0.3, -0.25) is 0 Å². The minimum absolute atomic E-state index is 0. The average molecular weight is 218 g/mol. The molecule has 0 N–H and O–H groups in total. The van der Waals surface area contributed by atoms with Crippen molar-refractivity contribution < 1.29 is 14.3 Å². The van der Waals surface area contributed by atoms with Crippen molar-refractivity contribution >= 4 is 30.2 Å². The molecule has 0 rings (SSSR count). The van der Waals surface area contributed by atoms with E-state index in [1.807, 2.05) is 19.0 Å². The lowest BCUT2D eigenvalue weighted by atomic mass is 10.6. The molecule has 74 valence electrons. The van der Waals surface area contributed by atoms with Crippen molar-refractivity contribution in [2.24, 2.45) is 0 Å². The van der Waals surface area contributed by atoms with Crippen LogP contribution in [0.5, 0.6) is 0 Å². The van der Waals surface area contributed by atoms with Crippen LogP contribution < -0.4 is 0 Å². The second-order valence-electron chi connectivity index (χ2n) is 2.16. The maximum Gasteiger partial charge on any atom is 0.509 e. The van der Waals surface area contributed by atoms with Crippen LogP contribution >= 0.6 is 24.0 Å². The molecule has 0 bridgehead atoms. The maximum absolute atomic E-state index is 10.5. The van der Waals surface area contributed by atoms with Gasteiger partial charge in [-0.25, -0.2) is 4.79 Å². The molecule has 0 radical (unpaired) electrons. The van der Waals surface area contributed by atoms with Crippen molar-refractivity contribution in [3.05, 3.63) is 0 Å². The Bertz CT molecular complexity index is 121. The van der Waals surface area contributed by atoms with Gasteiger partial charge in [0, 0.05) is 6.54 Å². The molecule has 0 atom stereocenters. The zero-order chi connectivity index (χ0) is 8.69. The van der Waals surface area contributed by atoms with Gasteiger partial charge in [-0.2, -0.15) is 0 Å². The summed E-state index contributed by atoms with van der Waals surface area (Å²) in [5.74, 6) is 0. The van der Waals surface area contributed by atoms with Gasteiger partial charge < -0.3 is 14.4 Å². The SMILES string of the molecule is CN(C)CCOC(=O)OCCl.Cl. The molecule has 0 saturated carbocycles. The summed E-state index contributed by atoms with van der Waals surface area (Å²) in [6, 6.07) is -0.166. The third kappa shape index (κ3) is 9.81. The fraction of sp³-hybridized carbons (Fsp3) is 0.833. The smallest absolute Gasteiger partial charge is 0.433 e. The van der Waals surface area contributed by atoms with Crippen LogP contribution in [0.3, 0.4) is 0 Å². The molecule has 0 amide bonds. The molecule has 0 heterocycles. The Morgan fingerprint density at radius 1 is 1.42 bits per heavy atom. The molecule has 0 aliphatic rings. The molecule has 6 heteroatoms. The number of alkyl halides is 1. The number of carbonyl (C=O) groups excluding carboxylic acids is 1. The number of nitrogens with zero attached hydrogens (tertiary/aromatic N) is 1. The third-order valence-electron chi connectivity index (χ3n) is 0.931. The molecule has 0 aliphatic heterocycles. The molecule has 0 aromatic heterocycles. The van der Waals surface area contributed by atoms with Gasteiger partial charge in [-0.05, 0) is 14.1 Å². The standard InChI is InChI=1S/C6H12ClNO3.ClH/c1-8(2)3-4-10-6(9)11-5-7;/h3-5H2,1-2H3;1H. The molecule has 0 unspecified atom stereocenters. The summed E-state index contributed by atoms with van der Waals surface area (Å²) in [6.07, 6.45) is -0.721. The monoisotopic (exact) mass is 217 g/mol. The van der Waals surface area contributed by atoms with E-state index in [0.717, 1.165) is 0 Å². The zero-order valence-corrected chi connectivity index (χ0v) is 8.65. The van der Waals surface area contributed by atoms with Crippen LogP contribution in [-0.2, 0) is 9.47 Å². The first-order chi connectivity index (χ1) is 5.16. The maximum atomic E-state index is 10.5. The van der Waals surface area contributed by atoms with E-state index >= 15 is 0 Å². The molecular formula is C6H13Cl2NO3. The predicted molar refractivity (Wildman–Crippen MR) is 49.0 cm³/mol. The van der Waals surface area contributed by atoms with E-state index in [1.165, 1.54) is 0 Å². The number of likely N-dealkylation sites (N-methyl/N-ethyl adjacent to an activating group) is 1. The summed E-state index contributed by atoms with van der Waals surface area (Å²) in [7, 11) is 3.77. The summed E-state index contributed by atoms with van der Waals surface area (Å²) >= 11 is 5.10. The highest BCUT2D eigenvalue weighted by molar-refractivity contribution is 6.17. The lowest BCUT2D eigenvalue weighted by molar-refractivity contribution is 0.0632. The molecule has 0 spiro atoms. The fourth-order valence-electron chi connectivity index (χ4n) is 0.398. The molecule has 0 aromatic rings. The van der Waals surface area contributed by atoms with Gasteiger partial charge in [-0.1, -0.05) is 11.6 Å². The van der Waals surface area contributed by atoms with Crippen LogP contribution in [0.1, 0.15) is 0 Å². The summed E-state index contributed by atoms with van der Waals surface area (Å²) < 4.78 is 8.92. The lowest BCUT2D eigenvalue weighted by Crippen LogP contribution is -2.20. The third-order valence-corrected chi connectivity index (χ3v) is 1.04. The minimum Gasteiger partial charge on any atom is -0.433 e. The molecule has 12 heavy (non-hydrogen) atoms. The molecule has 0 aliphatic carbocycles. The van der Waals surface area contributed by atoms with E-state index in [1.54, 1.807) is 0 Å². The normalized spacial score (nSPS) is 9.00. The van der Waals surface area contributed by atoms with E-state index < -0.39 is 6.16 Å². The van der Waals surface area contributed by atoms with Gasteiger partial charge in [-0.15, -0.1) is 12.4 Å². The number of rotatable bonds is 4. The molecule has 4 nitrogen and oxygen atoms in total. The Hall–Kier alpha value is -0.190. The van der Waals surface area contributed by atoms with Crippen molar-refractivity contribution in [1.82, 2.24) is 4.90 Å². The summed E-state index contributed by atoms with van der Waals surface area (Å²) in [6.45, 7) is 1.00. The molecule has 0 saturated heterocycles. The first kappa shape index (κ1) is 14.3. The van der Waals surface area contributed by atoms with Crippen LogP contribution in [0.4, 0.5) is 4.79 Å². The highest BCUT2D eigenvalue weighted by atomic mass is 35.5. The van der Waals surface area contributed by atoms with Crippen LogP contribution in [0.25, 0.3) is 0 Å². The van der Waals surface area contributed by atoms with E-state index in [0.29, 0.717) is 13.2 Å². The Morgan fingerprint density at radius 3 is 2.42 bits per heavy atom. The Labute approximate surface area is 83.2 Å². The lowest BCUT2D eigenvalue weighted by Gasteiger charge is -2.08. The summed E-state index contributed by atoms with van der Waals surface area (Å²) in [4.78, 5) is 12.4. The molecular weight excluding hydrogens is 205 g/mol. The van der Waals surface area contributed by atoms with Gasteiger partial charge in [0.05, 0.1) is 0 Å². The van der Waals surface area contributed by atoms with Crippen molar-refractivity contribution in [1.29, 1.82) is 0 Å². The molecule has 0 aromatic carbocycles. The van der Waals surface area contributed by atoms with E-state index in [-0.39, 0.29) is 18.5 Å². The van der Waals surface area contributed by atoms with E-state index in [2.05, 4.69) is 9.47 Å².